The van der Waals surface area contributed by atoms with Gasteiger partial charge in [0.1, 0.15) is 5.82 Å². The van der Waals surface area contributed by atoms with E-state index in [9.17, 15) is 14.0 Å². The number of nitrogens with two attached hydrogens (primary N) is 1. The summed E-state index contributed by atoms with van der Waals surface area (Å²) >= 11 is 0. The number of halogens is 1. The van der Waals surface area contributed by atoms with E-state index in [-0.39, 0.29) is 11.5 Å². The maximum atomic E-state index is 13.7. The number of hydrogen-bond acceptors (Lipinski definition) is 3. The van der Waals surface area contributed by atoms with Gasteiger partial charge in [-0.2, -0.15) is 0 Å². The third-order valence-electron chi connectivity index (χ3n) is 2.76. The molecule has 0 atom stereocenters. The SMILES string of the molecule is NCCNC(=O)c1cc2c(cc1F)NC(=O)CC2. The molecule has 1 heterocycles. The van der Waals surface area contributed by atoms with Crippen molar-refractivity contribution in [2.24, 2.45) is 5.73 Å². The van der Waals surface area contributed by atoms with Crippen molar-refractivity contribution in [3.63, 3.8) is 0 Å². The Hall–Kier alpha value is -1.95. The molecule has 0 saturated carbocycles. The molecule has 5 nitrogen and oxygen atoms in total. The number of carbonyl (C=O) groups is 2. The summed E-state index contributed by atoms with van der Waals surface area (Å²) in [7, 11) is 0. The molecule has 0 unspecified atom stereocenters. The zero-order valence-corrected chi connectivity index (χ0v) is 9.75. The maximum absolute atomic E-state index is 13.7. The second kappa shape index (κ2) is 5.14. The van der Waals surface area contributed by atoms with E-state index < -0.39 is 11.7 Å². The van der Waals surface area contributed by atoms with Crippen LogP contribution in [0.1, 0.15) is 22.3 Å². The number of benzene rings is 1. The molecule has 0 fully saturated rings. The van der Waals surface area contributed by atoms with Gasteiger partial charge in [-0.1, -0.05) is 0 Å². The van der Waals surface area contributed by atoms with E-state index in [1.54, 1.807) is 0 Å². The second-order valence-corrected chi connectivity index (χ2v) is 4.08. The lowest BCUT2D eigenvalue weighted by Crippen LogP contribution is -2.30. The lowest BCUT2D eigenvalue weighted by Gasteiger charge is -2.18. The van der Waals surface area contributed by atoms with Crippen molar-refractivity contribution in [2.75, 3.05) is 18.4 Å². The van der Waals surface area contributed by atoms with Crippen molar-refractivity contribution >= 4 is 17.5 Å². The number of carbonyl (C=O) groups excluding carboxylic acids is 2. The predicted octanol–water partition coefficient (Wildman–Crippen LogP) is 0.399. The number of nitrogens with one attached hydrogen (secondary N) is 2. The lowest BCUT2D eigenvalue weighted by molar-refractivity contribution is -0.116. The van der Waals surface area contributed by atoms with Crippen molar-refractivity contribution < 1.29 is 14.0 Å². The zero-order valence-electron chi connectivity index (χ0n) is 9.75. The molecule has 1 aromatic rings. The Labute approximate surface area is 104 Å². The summed E-state index contributed by atoms with van der Waals surface area (Å²) in [6, 6.07) is 2.67. The number of hydrogen-bond donors (Lipinski definition) is 3. The van der Waals surface area contributed by atoms with Crippen molar-refractivity contribution in [2.45, 2.75) is 12.8 Å². The fourth-order valence-corrected chi connectivity index (χ4v) is 1.86. The van der Waals surface area contributed by atoms with Gasteiger partial charge in [0.15, 0.2) is 0 Å². The third-order valence-corrected chi connectivity index (χ3v) is 2.76. The first-order chi connectivity index (χ1) is 8.61. The van der Waals surface area contributed by atoms with Crippen LogP contribution >= 0.6 is 0 Å². The Morgan fingerprint density at radius 3 is 2.94 bits per heavy atom. The Balaban J connectivity index is 2.27. The van der Waals surface area contributed by atoms with Crippen LogP contribution in [0.25, 0.3) is 0 Å². The fraction of sp³-hybridized carbons (Fsp3) is 0.333. The molecule has 1 aromatic carbocycles. The topological polar surface area (TPSA) is 84.2 Å². The second-order valence-electron chi connectivity index (χ2n) is 4.08. The average Bonchev–Trinajstić information content (AvgIpc) is 2.35. The van der Waals surface area contributed by atoms with Gasteiger partial charge in [-0.15, -0.1) is 0 Å². The van der Waals surface area contributed by atoms with Crippen LogP contribution in [-0.2, 0) is 11.2 Å². The van der Waals surface area contributed by atoms with Gasteiger partial charge in [-0.25, -0.2) is 4.39 Å². The molecule has 0 saturated heterocycles. The van der Waals surface area contributed by atoms with Gasteiger partial charge < -0.3 is 16.4 Å². The van der Waals surface area contributed by atoms with E-state index in [4.69, 9.17) is 5.73 Å². The molecule has 0 aliphatic carbocycles. The molecule has 2 amide bonds. The molecule has 0 bridgehead atoms. The monoisotopic (exact) mass is 251 g/mol. The highest BCUT2D eigenvalue weighted by Crippen LogP contribution is 2.25. The molecule has 2 rings (SSSR count). The minimum atomic E-state index is -0.648. The summed E-state index contributed by atoms with van der Waals surface area (Å²) in [5.74, 6) is -1.27. The van der Waals surface area contributed by atoms with Gasteiger partial charge in [0.2, 0.25) is 5.91 Å². The van der Waals surface area contributed by atoms with Crippen LogP contribution in [0.4, 0.5) is 10.1 Å². The molecular weight excluding hydrogens is 237 g/mol. The van der Waals surface area contributed by atoms with E-state index in [1.165, 1.54) is 12.1 Å². The molecule has 1 aliphatic heterocycles. The number of aryl methyl sites for hydroxylation is 1. The van der Waals surface area contributed by atoms with Crippen LogP contribution in [0.15, 0.2) is 12.1 Å². The summed E-state index contributed by atoms with van der Waals surface area (Å²) in [6.07, 6.45) is 0.862. The minimum Gasteiger partial charge on any atom is -0.351 e. The molecule has 18 heavy (non-hydrogen) atoms. The van der Waals surface area contributed by atoms with Crippen LogP contribution < -0.4 is 16.4 Å². The minimum absolute atomic E-state index is 0.0154. The first-order valence-electron chi connectivity index (χ1n) is 5.72. The molecule has 96 valence electrons. The van der Waals surface area contributed by atoms with Crippen LogP contribution in [0.2, 0.25) is 0 Å². The van der Waals surface area contributed by atoms with E-state index in [2.05, 4.69) is 10.6 Å². The number of rotatable bonds is 3. The molecule has 6 heteroatoms. The predicted molar refractivity (Wildman–Crippen MR) is 64.7 cm³/mol. The van der Waals surface area contributed by atoms with Gasteiger partial charge in [0.25, 0.3) is 5.91 Å². The Morgan fingerprint density at radius 2 is 2.22 bits per heavy atom. The summed E-state index contributed by atoms with van der Waals surface area (Å²) < 4.78 is 13.7. The van der Waals surface area contributed by atoms with E-state index in [0.29, 0.717) is 31.6 Å². The quantitative estimate of drug-likeness (QED) is 0.727. The molecule has 0 spiro atoms. The summed E-state index contributed by atoms with van der Waals surface area (Å²) in [6.45, 7) is 0.598. The van der Waals surface area contributed by atoms with Crippen LogP contribution in [-0.4, -0.2) is 24.9 Å². The van der Waals surface area contributed by atoms with Crippen molar-refractivity contribution in [3.8, 4) is 0 Å². The highest BCUT2D eigenvalue weighted by molar-refractivity contribution is 5.98. The highest BCUT2D eigenvalue weighted by atomic mass is 19.1. The number of amides is 2. The van der Waals surface area contributed by atoms with Gasteiger partial charge in [-0.05, 0) is 24.1 Å². The summed E-state index contributed by atoms with van der Waals surface area (Å²) in [4.78, 5) is 22.9. The molecule has 1 aliphatic rings. The fourth-order valence-electron chi connectivity index (χ4n) is 1.86. The van der Waals surface area contributed by atoms with Gasteiger partial charge in [0.05, 0.1) is 5.56 Å². The van der Waals surface area contributed by atoms with E-state index >= 15 is 0 Å². The molecular formula is C12H14FN3O2. The van der Waals surface area contributed by atoms with Crippen molar-refractivity contribution in [3.05, 3.63) is 29.1 Å². The van der Waals surface area contributed by atoms with Crippen molar-refractivity contribution in [1.82, 2.24) is 5.32 Å². The van der Waals surface area contributed by atoms with Gasteiger partial charge in [0, 0.05) is 25.2 Å². The number of fused-ring (bicyclic) bond motifs is 1. The normalized spacial score (nSPS) is 13.8. The van der Waals surface area contributed by atoms with Crippen LogP contribution in [0.3, 0.4) is 0 Å². The Bertz CT molecular complexity index is 502. The maximum Gasteiger partial charge on any atom is 0.254 e. The highest BCUT2D eigenvalue weighted by Gasteiger charge is 2.20. The molecule has 4 N–H and O–H groups in total. The Morgan fingerprint density at radius 1 is 1.44 bits per heavy atom. The lowest BCUT2D eigenvalue weighted by atomic mass is 9.99. The number of anilines is 1. The average molecular weight is 251 g/mol. The van der Waals surface area contributed by atoms with Crippen molar-refractivity contribution in [1.29, 1.82) is 0 Å². The molecule has 0 radical (unpaired) electrons. The zero-order chi connectivity index (χ0) is 13.1. The Kier molecular flexibility index (Phi) is 3.57. The first kappa shape index (κ1) is 12.5. The summed E-state index contributed by atoms with van der Waals surface area (Å²) in [5, 5.41) is 5.09. The van der Waals surface area contributed by atoms with E-state index in [0.717, 1.165) is 5.56 Å². The smallest absolute Gasteiger partial charge is 0.254 e. The van der Waals surface area contributed by atoms with E-state index in [1.807, 2.05) is 0 Å². The van der Waals surface area contributed by atoms with Crippen LogP contribution in [0.5, 0.6) is 0 Å². The standard InChI is InChI=1S/C12H14FN3O2/c13-9-6-10-7(1-2-11(17)16-10)5-8(9)12(18)15-4-3-14/h5-6H,1-4,14H2,(H,15,18)(H,16,17). The third kappa shape index (κ3) is 2.48. The van der Waals surface area contributed by atoms with Gasteiger partial charge >= 0.3 is 0 Å². The first-order valence-corrected chi connectivity index (χ1v) is 5.72. The molecule has 0 aromatic heterocycles. The van der Waals surface area contributed by atoms with Crippen LogP contribution in [0, 0.1) is 5.82 Å². The summed E-state index contributed by atoms with van der Waals surface area (Å²) in [5.41, 5.74) is 6.46. The largest absolute Gasteiger partial charge is 0.351 e. The van der Waals surface area contributed by atoms with Gasteiger partial charge in [-0.3, -0.25) is 9.59 Å².